The number of hydrogen-bond donors (Lipinski definition) is 0. The zero-order valence-electron chi connectivity index (χ0n) is 16.0. The van der Waals surface area contributed by atoms with Crippen LogP contribution in [-0.4, -0.2) is 38.2 Å². The van der Waals surface area contributed by atoms with E-state index < -0.39 is 0 Å². The van der Waals surface area contributed by atoms with Gasteiger partial charge in [-0.3, -0.25) is 14.6 Å². The summed E-state index contributed by atoms with van der Waals surface area (Å²) in [6.07, 6.45) is 5.53. The van der Waals surface area contributed by atoms with Crippen LogP contribution < -0.4 is 0 Å². The molecule has 0 bridgehead atoms. The molecule has 7 heteroatoms. The zero-order chi connectivity index (χ0) is 19.8. The highest BCUT2D eigenvalue weighted by Gasteiger charge is 2.24. The van der Waals surface area contributed by atoms with E-state index in [1.54, 1.807) is 30.8 Å². The van der Waals surface area contributed by atoms with Gasteiger partial charge in [-0.25, -0.2) is 9.37 Å². The Kier molecular flexibility index (Phi) is 4.44. The lowest BCUT2D eigenvalue weighted by atomic mass is 9.98. The number of pyridine rings is 1. The minimum absolute atomic E-state index is 0.254. The normalized spacial score (nSPS) is 14.1. The molecule has 0 radical (unpaired) electrons. The van der Waals surface area contributed by atoms with Crippen LogP contribution in [0, 0.1) is 5.82 Å². The third kappa shape index (κ3) is 3.45. The monoisotopic (exact) mass is 389 g/mol. The number of oxazole rings is 1. The number of rotatable bonds is 4. The van der Waals surface area contributed by atoms with Gasteiger partial charge < -0.3 is 4.42 Å². The van der Waals surface area contributed by atoms with Gasteiger partial charge in [0.15, 0.2) is 5.89 Å². The number of aromatic nitrogens is 4. The van der Waals surface area contributed by atoms with Crippen molar-refractivity contribution < 1.29 is 8.81 Å². The van der Waals surface area contributed by atoms with Gasteiger partial charge in [-0.2, -0.15) is 5.10 Å². The van der Waals surface area contributed by atoms with Crippen LogP contribution in [0.15, 0.2) is 59.5 Å². The molecule has 29 heavy (non-hydrogen) atoms. The SMILES string of the molecule is CN1CCn2nc(-c3ccc(F)cc3)c(-c3ccnc(Cc4ncco4)c3)c2C1. The Hall–Kier alpha value is -3.32. The molecule has 1 aromatic carbocycles. The Balaban J connectivity index is 1.63. The largest absolute Gasteiger partial charge is 0.449 e. The number of nitrogens with zero attached hydrogens (tertiary/aromatic N) is 5. The maximum absolute atomic E-state index is 13.5. The van der Waals surface area contributed by atoms with Crippen LogP contribution in [0.1, 0.15) is 17.3 Å². The van der Waals surface area contributed by atoms with Crippen LogP contribution in [0.4, 0.5) is 4.39 Å². The molecule has 0 N–H and O–H groups in total. The molecular formula is C22H20FN5O. The summed E-state index contributed by atoms with van der Waals surface area (Å²) >= 11 is 0. The third-order valence-electron chi connectivity index (χ3n) is 5.21. The van der Waals surface area contributed by atoms with Crippen LogP contribution in [0.3, 0.4) is 0 Å². The second-order valence-electron chi connectivity index (χ2n) is 7.28. The molecule has 0 saturated heterocycles. The second-order valence-corrected chi connectivity index (χ2v) is 7.28. The van der Waals surface area contributed by atoms with Crippen LogP contribution >= 0.6 is 0 Å². The van der Waals surface area contributed by atoms with E-state index in [-0.39, 0.29) is 5.82 Å². The molecular weight excluding hydrogens is 369 g/mol. The maximum Gasteiger partial charge on any atom is 0.199 e. The molecule has 4 aromatic rings. The summed E-state index contributed by atoms with van der Waals surface area (Å²) in [5.74, 6) is 0.376. The van der Waals surface area contributed by atoms with Crippen LogP contribution in [-0.2, 0) is 19.5 Å². The first-order valence-corrected chi connectivity index (χ1v) is 9.55. The first-order chi connectivity index (χ1) is 14.2. The predicted molar refractivity (Wildman–Crippen MR) is 106 cm³/mol. The molecule has 0 aliphatic carbocycles. The smallest absolute Gasteiger partial charge is 0.199 e. The van der Waals surface area contributed by atoms with Crippen molar-refractivity contribution in [2.24, 2.45) is 0 Å². The first-order valence-electron chi connectivity index (χ1n) is 9.55. The van der Waals surface area contributed by atoms with Crippen molar-refractivity contribution in [3.63, 3.8) is 0 Å². The summed E-state index contributed by atoms with van der Waals surface area (Å²) in [4.78, 5) is 11.0. The van der Waals surface area contributed by atoms with Crippen LogP contribution in [0.25, 0.3) is 22.4 Å². The molecule has 0 amide bonds. The molecule has 146 valence electrons. The standard InChI is InChI=1S/C22H20FN5O/c1-27-9-10-28-19(14-27)21(22(26-28)15-2-4-17(23)5-3-15)16-6-7-24-18(12-16)13-20-25-8-11-29-20/h2-8,11-12H,9-10,13-14H2,1H3. The molecule has 0 fully saturated rings. The molecule has 0 saturated carbocycles. The van der Waals surface area contributed by atoms with E-state index in [1.807, 2.05) is 6.07 Å². The Labute approximate surface area is 167 Å². The number of hydrogen-bond acceptors (Lipinski definition) is 5. The number of halogens is 1. The van der Waals surface area contributed by atoms with Gasteiger partial charge in [0, 0.05) is 30.4 Å². The average Bonchev–Trinajstić information content (AvgIpc) is 3.36. The van der Waals surface area contributed by atoms with Crippen molar-refractivity contribution in [2.45, 2.75) is 19.5 Å². The molecule has 3 aromatic heterocycles. The van der Waals surface area contributed by atoms with Gasteiger partial charge in [-0.1, -0.05) is 0 Å². The van der Waals surface area contributed by atoms with E-state index in [0.29, 0.717) is 12.3 Å². The minimum atomic E-state index is -0.254. The van der Waals surface area contributed by atoms with Gasteiger partial charge in [0.25, 0.3) is 0 Å². The minimum Gasteiger partial charge on any atom is -0.449 e. The summed E-state index contributed by atoms with van der Waals surface area (Å²) in [6, 6.07) is 10.6. The molecule has 0 spiro atoms. The Morgan fingerprint density at radius 2 is 1.90 bits per heavy atom. The van der Waals surface area contributed by atoms with E-state index in [2.05, 4.69) is 32.7 Å². The van der Waals surface area contributed by atoms with E-state index in [0.717, 1.165) is 53.4 Å². The van der Waals surface area contributed by atoms with Gasteiger partial charge in [0.1, 0.15) is 17.8 Å². The van der Waals surface area contributed by atoms with Crippen molar-refractivity contribution in [1.29, 1.82) is 0 Å². The quantitative estimate of drug-likeness (QED) is 0.532. The van der Waals surface area contributed by atoms with Crippen LogP contribution in [0.2, 0.25) is 0 Å². The summed E-state index contributed by atoms with van der Waals surface area (Å²) in [6.45, 7) is 2.58. The third-order valence-corrected chi connectivity index (χ3v) is 5.21. The van der Waals surface area contributed by atoms with E-state index in [4.69, 9.17) is 9.52 Å². The van der Waals surface area contributed by atoms with Crippen LogP contribution in [0.5, 0.6) is 0 Å². The maximum atomic E-state index is 13.5. The van der Waals surface area contributed by atoms with E-state index in [1.165, 1.54) is 12.1 Å². The fraction of sp³-hybridized carbons (Fsp3) is 0.227. The lowest BCUT2D eigenvalue weighted by Crippen LogP contribution is -2.30. The Morgan fingerprint density at radius 3 is 2.69 bits per heavy atom. The fourth-order valence-electron chi connectivity index (χ4n) is 3.78. The number of benzene rings is 1. The average molecular weight is 389 g/mol. The summed E-state index contributed by atoms with van der Waals surface area (Å²) < 4.78 is 20.9. The lowest BCUT2D eigenvalue weighted by molar-refractivity contribution is 0.259. The number of likely N-dealkylation sites (N-methyl/N-ethyl adjacent to an activating group) is 1. The van der Waals surface area contributed by atoms with Gasteiger partial charge in [0.2, 0.25) is 0 Å². The summed E-state index contributed by atoms with van der Waals surface area (Å²) in [7, 11) is 2.11. The fourth-order valence-corrected chi connectivity index (χ4v) is 3.78. The first kappa shape index (κ1) is 17.8. The van der Waals surface area contributed by atoms with Crippen molar-refractivity contribution in [3.05, 3.63) is 78.2 Å². The Bertz CT molecular complexity index is 1130. The molecule has 6 nitrogen and oxygen atoms in total. The molecule has 5 rings (SSSR count). The molecule has 1 aliphatic heterocycles. The molecule has 4 heterocycles. The van der Waals surface area contributed by atoms with Gasteiger partial charge in [0.05, 0.1) is 30.6 Å². The van der Waals surface area contributed by atoms with Gasteiger partial charge in [-0.15, -0.1) is 0 Å². The summed E-state index contributed by atoms with van der Waals surface area (Å²) in [5.41, 5.74) is 5.91. The van der Waals surface area contributed by atoms with E-state index in [9.17, 15) is 4.39 Å². The predicted octanol–water partition coefficient (Wildman–Crippen LogP) is 3.78. The highest BCUT2D eigenvalue weighted by Crippen LogP contribution is 2.36. The second kappa shape index (κ2) is 7.25. The molecule has 0 unspecified atom stereocenters. The van der Waals surface area contributed by atoms with Crippen molar-refractivity contribution in [3.8, 4) is 22.4 Å². The van der Waals surface area contributed by atoms with Gasteiger partial charge in [-0.05, 0) is 49.0 Å². The highest BCUT2D eigenvalue weighted by molar-refractivity contribution is 5.83. The topological polar surface area (TPSA) is 60.0 Å². The molecule has 0 atom stereocenters. The summed E-state index contributed by atoms with van der Waals surface area (Å²) in [5, 5.41) is 4.88. The Morgan fingerprint density at radius 1 is 1.03 bits per heavy atom. The van der Waals surface area contributed by atoms with E-state index >= 15 is 0 Å². The van der Waals surface area contributed by atoms with Gasteiger partial charge >= 0.3 is 0 Å². The van der Waals surface area contributed by atoms with Crippen molar-refractivity contribution in [2.75, 3.05) is 13.6 Å². The number of fused-ring (bicyclic) bond motifs is 1. The molecule has 1 aliphatic rings. The lowest BCUT2D eigenvalue weighted by Gasteiger charge is -2.24. The van der Waals surface area contributed by atoms with Crippen molar-refractivity contribution in [1.82, 2.24) is 24.6 Å². The van der Waals surface area contributed by atoms with Crippen molar-refractivity contribution >= 4 is 0 Å². The zero-order valence-corrected chi connectivity index (χ0v) is 16.0. The highest BCUT2D eigenvalue weighted by atomic mass is 19.1.